The average molecular weight is 441 g/mol. The number of piperazine rings is 1. The number of carbonyl (C=O) groups excluding carboxylic acids is 1. The molecular weight excluding hydrogens is 412 g/mol. The summed E-state index contributed by atoms with van der Waals surface area (Å²) in [5, 5.41) is 9.24. The Balaban J connectivity index is 1.62. The van der Waals surface area contributed by atoms with Crippen molar-refractivity contribution in [2.75, 3.05) is 32.7 Å². The fourth-order valence-corrected chi connectivity index (χ4v) is 5.18. The number of carbonyl (C=O) groups is 1. The third-order valence-corrected chi connectivity index (χ3v) is 7.47. The van der Waals surface area contributed by atoms with Crippen molar-refractivity contribution in [1.82, 2.24) is 14.1 Å². The monoisotopic (exact) mass is 440 g/mol. The summed E-state index contributed by atoms with van der Waals surface area (Å²) >= 11 is 0. The molecule has 1 heterocycles. The van der Waals surface area contributed by atoms with Gasteiger partial charge in [0.25, 0.3) is 0 Å². The molecule has 0 N–H and O–H groups in total. The van der Waals surface area contributed by atoms with Gasteiger partial charge >= 0.3 is 0 Å². The normalized spacial score (nSPS) is 15.3. The molecular formula is C23H28N4O3S. The van der Waals surface area contributed by atoms with Gasteiger partial charge in [0.15, 0.2) is 0 Å². The van der Waals surface area contributed by atoms with E-state index in [1.54, 1.807) is 17.0 Å². The van der Waals surface area contributed by atoms with E-state index in [9.17, 15) is 18.5 Å². The molecule has 1 aliphatic rings. The Morgan fingerprint density at radius 3 is 2.26 bits per heavy atom. The van der Waals surface area contributed by atoms with Gasteiger partial charge in [-0.15, -0.1) is 0 Å². The van der Waals surface area contributed by atoms with E-state index < -0.39 is 10.0 Å². The van der Waals surface area contributed by atoms with E-state index in [1.165, 1.54) is 16.4 Å². The van der Waals surface area contributed by atoms with Gasteiger partial charge in [-0.25, -0.2) is 8.42 Å². The SMILES string of the molecule is CC(C)N(CC(=O)N1CCN(S(=O)(=O)c2ccccc2C#N)CC1)Cc1ccccc1. The highest BCUT2D eigenvalue weighted by Gasteiger charge is 2.32. The number of nitrogens with zero attached hydrogens (tertiary/aromatic N) is 4. The van der Waals surface area contributed by atoms with Crippen molar-refractivity contribution in [3.63, 3.8) is 0 Å². The quantitative estimate of drug-likeness (QED) is 0.660. The Morgan fingerprint density at radius 1 is 1.03 bits per heavy atom. The van der Waals surface area contributed by atoms with Crippen LogP contribution < -0.4 is 0 Å². The van der Waals surface area contributed by atoms with E-state index >= 15 is 0 Å². The van der Waals surface area contributed by atoms with Crippen molar-refractivity contribution >= 4 is 15.9 Å². The van der Waals surface area contributed by atoms with Crippen LogP contribution in [0.5, 0.6) is 0 Å². The molecule has 2 aromatic rings. The largest absolute Gasteiger partial charge is 0.339 e. The van der Waals surface area contributed by atoms with Gasteiger partial charge in [0.2, 0.25) is 15.9 Å². The maximum Gasteiger partial charge on any atom is 0.244 e. The molecule has 0 atom stereocenters. The van der Waals surface area contributed by atoms with Crippen LogP contribution in [0, 0.1) is 11.3 Å². The van der Waals surface area contributed by atoms with Crippen molar-refractivity contribution in [2.24, 2.45) is 0 Å². The van der Waals surface area contributed by atoms with Crippen molar-refractivity contribution in [3.05, 3.63) is 65.7 Å². The van der Waals surface area contributed by atoms with Gasteiger partial charge in [-0.3, -0.25) is 9.69 Å². The summed E-state index contributed by atoms with van der Waals surface area (Å²) in [6.45, 7) is 6.21. The maximum atomic E-state index is 13.0. The van der Waals surface area contributed by atoms with Gasteiger partial charge in [-0.2, -0.15) is 9.57 Å². The Kier molecular flexibility index (Phi) is 7.44. The summed E-state index contributed by atoms with van der Waals surface area (Å²) in [6.07, 6.45) is 0. The Hall–Kier alpha value is -2.73. The van der Waals surface area contributed by atoms with Gasteiger partial charge in [-0.1, -0.05) is 42.5 Å². The van der Waals surface area contributed by atoms with Crippen molar-refractivity contribution < 1.29 is 13.2 Å². The summed E-state index contributed by atoms with van der Waals surface area (Å²) in [4.78, 5) is 16.8. The van der Waals surface area contributed by atoms with Crippen molar-refractivity contribution in [1.29, 1.82) is 5.26 Å². The zero-order valence-corrected chi connectivity index (χ0v) is 18.8. The maximum absolute atomic E-state index is 13.0. The summed E-state index contributed by atoms with van der Waals surface area (Å²) in [6, 6.07) is 18.4. The first-order chi connectivity index (χ1) is 14.8. The smallest absolute Gasteiger partial charge is 0.244 e. The molecule has 1 amide bonds. The van der Waals surface area contributed by atoms with Crippen LogP contribution in [0.25, 0.3) is 0 Å². The second-order valence-electron chi connectivity index (χ2n) is 7.88. The van der Waals surface area contributed by atoms with E-state index in [0.29, 0.717) is 19.6 Å². The summed E-state index contributed by atoms with van der Waals surface area (Å²) in [7, 11) is -3.77. The third-order valence-electron chi connectivity index (χ3n) is 5.51. The molecule has 0 bridgehead atoms. The first-order valence-electron chi connectivity index (χ1n) is 10.4. The van der Waals surface area contributed by atoms with Crippen LogP contribution in [-0.2, 0) is 21.4 Å². The molecule has 2 aromatic carbocycles. The average Bonchev–Trinajstić information content (AvgIpc) is 2.79. The lowest BCUT2D eigenvalue weighted by Gasteiger charge is -2.36. The molecule has 0 spiro atoms. The van der Waals surface area contributed by atoms with Gasteiger partial charge in [0.1, 0.15) is 6.07 Å². The Bertz CT molecular complexity index is 1040. The van der Waals surface area contributed by atoms with Crippen LogP contribution >= 0.6 is 0 Å². The van der Waals surface area contributed by atoms with Crippen LogP contribution in [0.3, 0.4) is 0 Å². The molecule has 164 valence electrons. The summed E-state index contributed by atoms with van der Waals surface area (Å²) in [5.41, 5.74) is 1.28. The molecule has 1 aliphatic heterocycles. The minimum absolute atomic E-state index is 0.000830. The first-order valence-corrected chi connectivity index (χ1v) is 11.8. The van der Waals surface area contributed by atoms with Crippen LogP contribution in [0.15, 0.2) is 59.5 Å². The molecule has 0 saturated carbocycles. The highest BCUT2D eigenvalue weighted by molar-refractivity contribution is 7.89. The molecule has 31 heavy (non-hydrogen) atoms. The molecule has 0 aromatic heterocycles. The highest BCUT2D eigenvalue weighted by atomic mass is 32.2. The summed E-state index contributed by atoms with van der Waals surface area (Å²) < 4.78 is 27.3. The third kappa shape index (κ3) is 5.50. The van der Waals surface area contributed by atoms with Crippen molar-refractivity contribution in [2.45, 2.75) is 31.3 Å². The molecule has 0 radical (unpaired) electrons. The van der Waals surface area contributed by atoms with Crippen LogP contribution in [0.1, 0.15) is 25.0 Å². The van der Waals surface area contributed by atoms with Gasteiger partial charge in [-0.05, 0) is 31.5 Å². The molecule has 7 nitrogen and oxygen atoms in total. The van der Waals surface area contributed by atoms with E-state index in [0.717, 1.165) is 5.56 Å². The predicted molar refractivity (Wildman–Crippen MR) is 118 cm³/mol. The second-order valence-corrected chi connectivity index (χ2v) is 9.78. The highest BCUT2D eigenvalue weighted by Crippen LogP contribution is 2.21. The lowest BCUT2D eigenvalue weighted by Crippen LogP contribution is -2.53. The lowest BCUT2D eigenvalue weighted by molar-refractivity contribution is -0.134. The van der Waals surface area contributed by atoms with Crippen LogP contribution in [0.2, 0.25) is 0 Å². The molecule has 1 saturated heterocycles. The first kappa shape index (κ1) is 22.9. The van der Waals surface area contributed by atoms with Gasteiger partial charge in [0.05, 0.1) is 17.0 Å². The van der Waals surface area contributed by atoms with E-state index in [2.05, 4.69) is 18.7 Å². The van der Waals surface area contributed by atoms with Gasteiger partial charge in [0, 0.05) is 38.8 Å². The second kappa shape index (κ2) is 10.1. The summed E-state index contributed by atoms with van der Waals surface area (Å²) in [5.74, 6) is -0.000830. The number of hydrogen-bond donors (Lipinski definition) is 0. The number of nitriles is 1. The number of hydrogen-bond acceptors (Lipinski definition) is 5. The van der Waals surface area contributed by atoms with Crippen LogP contribution in [-0.4, -0.2) is 67.2 Å². The fourth-order valence-electron chi connectivity index (χ4n) is 3.61. The zero-order chi connectivity index (χ0) is 22.4. The number of rotatable bonds is 7. The topological polar surface area (TPSA) is 84.7 Å². The molecule has 8 heteroatoms. The molecule has 0 unspecified atom stereocenters. The fraction of sp³-hybridized carbons (Fsp3) is 0.391. The minimum Gasteiger partial charge on any atom is -0.339 e. The number of amides is 1. The number of sulfonamides is 1. The lowest BCUT2D eigenvalue weighted by atomic mass is 10.2. The molecule has 0 aliphatic carbocycles. The Morgan fingerprint density at radius 2 is 1.65 bits per heavy atom. The number of benzene rings is 2. The molecule has 3 rings (SSSR count). The van der Waals surface area contributed by atoms with Crippen LogP contribution in [0.4, 0.5) is 0 Å². The zero-order valence-electron chi connectivity index (χ0n) is 17.9. The predicted octanol–water partition coefficient (Wildman–Crippen LogP) is 2.30. The Labute approximate surface area is 184 Å². The molecule has 1 fully saturated rings. The minimum atomic E-state index is -3.77. The van der Waals surface area contributed by atoms with E-state index in [1.807, 2.05) is 36.4 Å². The van der Waals surface area contributed by atoms with E-state index in [-0.39, 0.29) is 42.0 Å². The standard InChI is InChI=1S/C23H28N4O3S/c1-19(2)26(17-20-8-4-3-5-9-20)18-23(28)25-12-14-27(15-13-25)31(29,30)22-11-7-6-10-21(22)16-24/h3-11,19H,12-15,17-18H2,1-2H3. The van der Waals surface area contributed by atoms with Gasteiger partial charge < -0.3 is 4.90 Å². The van der Waals surface area contributed by atoms with Crippen molar-refractivity contribution in [3.8, 4) is 6.07 Å². The van der Waals surface area contributed by atoms with E-state index in [4.69, 9.17) is 0 Å².